The van der Waals surface area contributed by atoms with Crippen LogP contribution in [0.1, 0.15) is 25.3 Å². The van der Waals surface area contributed by atoms with Gasteiger partial charge >= 0.3 is 0 Å². The second-order valence-corrected chi connectivity index (χ2v) is 2.26. The Morgan fingerprint density at radius 3 is 3.10 bits per heavy atom. The van der Waals surface area contributed by atoms with E-state index in [0.29, 0.717) is 0 Å². The van der Waals surface area contributed by atoms with E-state index in [-0.39, 0.29) is 0 Å². The highest BCUT2D eigenvalue weighted by Gasteiger charge is 1.90. The van der Waals surface area contributed by atoms with Crippen LogP contribution in [0.2, 0.25) is 0 Å². The van der Waals surface area contributed by atoms with Gasteiger partial charge in [-0.05, 0) is 18.4 Å². The smallest absolute Gasteiger partial charge is 0.116 e. The van der Waals surface area contributed by atoms with E-state index in [0.717, 1.165) is 12.0 Å². The summed E-state index contributed by atoms with van der Waals surface area (Å²) in [6.45, 7) is 2.17. The molecule has 0 atom stereocenters. The first-order valence-corrected chi connectivity index (χ1v) is 3.60. The van der Waals surface area contributed by atoms with E-state index in [4.69, 9.17) is 0 Å². The average Bonchev–Trinajstić information content (AvgIpc) is 2.03. The monoisotopic (exact) mass is 135 g/mol. The van der Waals surface area contributed by atoms with E-state index < -0.39 is 0 Å². The zero-order valence-corrected chi connectivity index (χ0v) is 6.17. The molecule has 10 heavy (non-hydrogen) atoms. The molecule has 0 N–H and O–H groups in total. The number of aromatic nitrogens is 2. The van der Waals surface area contributed by atoms with Gasteiger partial charge in [0.1, 0.15) is 6.33 Å². The lowest BCUT2D eigenvalue weighted by molar-refractivity contribution is 0.786. The molecule has 0 aliphatic rings. The van der Waals surface area contributed by atoms with Crippen molar-refractivity contribution in [3.8, 4) is 0 Å². The van der Waals surface area contributed by atoms with E-state index in [2.05, 4.69) is 23.1 Å². The number of hydrogen-bond acceptors (Lipinski definition) is 2. The maximum Gasteiger partial charge on any atom is 0.116 e. The van der Waals surface area contributed by atoms with Crippen LogP contribution in [0.25, 0.3) is 0 Å². The standard InChI is InChI=1S/C8H11N2/c1-2-3-4-8-5-9-7-10-6-8/h5,7H,2-4H2,1H3. The minimum absolute atomic E-state index is 1.05. The summed E-state index contributed by atoms with van der Waals surface area (Å²) in [5.74, 6) is 0. The Hall–Kier alpha value is -0.920. The van der Waals surface area contributed by atoms with Gasteiger partial charge in [-0.2, -0.15) is 0 Å². The van der Waals surface area contributed by atoms with Gasteiger partial charge in [0.05, 0.1) is 6.20 Å². The second-order valence-electron chi connectivity index (χ2n) is 2.26. The number of hydrogen-bond donors (Lipinski definition) is 0. The fourth-order valence-corrected chi connectivity index (χ4v) is 0.785. The third kappa shape index (κ3) is 2.13. The average molecular weight is 135 g/mol. The summed E-state index contributed by atoms with van der Waals surface area (Å²) in [5.41, 5.74) is 1.12. The summed E-state index contributed by atoms with van der Waals surface area (Å²) in [7, 11) is 0. The predicted molar refractivity (Wildman–Crippen MR) is 39.5 cm³/mol. The topological polar surface area (TPSA) is 25.8 Å². The summed E-state index contributed by atoms with van der Waals surface area (Å²) < 4.78 is 0. The van der Waals surface area contributed by atoms with Gasteiger partial charge in [0.15, 0.2) is 0 Å². The van der Waals surface area contributed by atoms with Crippen LogP contribution in [0.4, 0.5) is 0 Å². The van der Waals surface area contributed by atoms with Crippen molar-refractivity contribution >= 4 is 0 Å². The maximum atomic E-state index is 3.90. The van der Waals surface area contributed by atoms with Crippen molar-refractivity contribution < 1.29 is 0 Å². The molecule has 53 valence electrons. The molecule has 1 rings (SSSR count). The number of unbranched alkanes of at least 4 members (excludes halogenated alkanes) is 1. The van der Waals surface area contributed by atoms with Crippen LogP contribution < -0.4 is 0 Å². The Morgan fingerprint density at radius 2 is 2.50 bits per heavy atom. The molecule has 0 aromatic carbocycles. The van der Waals surface area contributed by atoms with Crippen molar-refractivity contribution in [2.24, 2.45) is 0 Å². The highest BCUT2D eigenvalue weighted by atomic mass is 14.8. The van der Waals surface area contributed by atoms with E-state index in [1.807, 2.05) is 6.20 Å². The molecule has 1 aromatic rings. The van der Waals surface area contributed by atoms with Crippen LogP contribution in [0.5, 0.6) is 0 Å². The zero-order valence-electron chi connectivity index (χ0n) is 6.17. The van der Waals surface area contributed by atoms with E-state index in [1.54, 1.807) is 0 Å². The molecule has 0 aliphatic heterocycles. The van der Waals surface area contributed by atoms with Gasteiger partial charge in [-0.3, -0.25) is 0 Å². The Bertz CT molecular complexity index is 172. The molecule has 0 spiro atoms. The summed E-state index contributed by atoms with van der Waals surface area (Å²) in [6.07, 6.45) is 9.68. The highest BCUT2D eigenvalue weighted by Crippen LogP contribution is 1.99. The molecule has 2 heteroatoms. The quantitative estimate of drug-likeness (QED) is 0.629. The van der Waals surface area contributed by atoms with Gasteiger partial charge in [-0.25, -0.2) is 9.97 Å². The van der Waals surface area contributed by atoms with Gasteiger partial charge in [0.2, 0.25) is 0 Å². The molecule has 1 aromatic heterocycles. The lowest BCUT2D eigenvalue weighted by Crippen LogP contribution is -1.87. The summed E-state index contributed by atoms with van der Waals surface area (Å²) >= 11 is 0. The van der Waals surface area contributed by atoms with Crippen LogP contribution in [-0.4, -0.2) is 9.97 Å². The predicted octanol–water partition coefficient (Wildman–Crippen LogP) is 1.62. The van der Waals surface area contributed by atoms with Gasteiger partial charge in [0, 0.05) is 6.20 Å². The molecule has 0 fully saturated rings. The van der Waals surface area contributed by atoms with E-state index in [9.17, 15) is 0 Å². The van der Waals surface area contributed by atoms with Crippen LogP contribution in [0, 0.1) is 6.20 Å². The summed E-state index contributed by atoms with van der Waals surface area (Å²) in [4.78, 5) is 7.70. The van der Waals surface area contributed by atoms with Gasteiger partial charge < -0.3 is 0 Å². The van der Waals surface area contributed by atoms with E-state index >= 15 is 0 Å². The summed E-state index contributed by atoms with van der Waals surface area (Å²) in [6, 6.07) is 0. The molecule has 0 amide bonds. The number of aryl methyl sites for hydroxylation is 1. The molecule has 1 heterocycles. The first kappa shape index (κ1) is 7.19. The van der Waals surface area contributed by atoms with Crippen molar-refractivity contribution in [3.05, 3.63) is 24.3 Å². The Kier molecular flexibility index (Phi) is 2.87. The Morgan fingerprint density at radius 1 is 1.60 bits per heavy atom. The molecule has 0 bridgehead atoms. The van der Waals surface area contributed by atoms with Crippen LogP contribution in [0.15, 0.2) is 12.5 Å². The zero-order chi connectivity index (χ0) is 7.23. The fraction of sp³-hybridized carbons (Fsp3) is 0.500. The molecule has 1 radical (unpaired) electrons. The number of rotatable bonds is 3. The largest absolute Gasteiger partial charge is 0.244 e. The minimum Gasteiger partial charge on any atom is -0.244 e. The molecule has 0 aliphatic carbocycles. The summed E-state index contributed by atoms with van der Waals surface area (Å²) in [5, 5.41) is 0. The SMILES string of the molecule is CCCCc1[c]ncnc1. The van der Waals surface area contributed by atoms with Crippen molar-refractivity contribution in [2.45, 2.75) is 26.2 Å². The van der Waals surface area contributed by atoms with Crippen molar-refractivity contribution in [1.82, 2.24) is 9.97 Å². The third-order valence-corrected chi connectivity index (χ3v) is 1.36. The molecular weight excluding hydrogens is 124 g/mol. The molecular formula is C8H11N2. The molecule has 2 nitrogen and oxygen atoms in total. The van der Waals surface area contributed by atoms with Crippen LogP contribution in [-0.2, 0) is 6.42 Å². The lowest BCUT2D eigenvalue weighted by atomic mass is 10.2. The first-order valence-electron chi connectivity index (χ1n) is 3.60. The van der Waals surface area contributed by atoms with Crippen molar-refractivity contribution in [1.29, 1.82) is 0 Å². The lowest BCUT2D eigenvalue weighted by Gasteiger charge is -1.94. The minimum atomic E-state index is 1.05. The first-order chi connectivity index (χ1) is 4.93. The second kappa shape index (κ2) is 3.99. The number of nitrogens with zero attached hydrogens (tertiary/aromatic N) is 2. The van der Waals surface area contributed by atoms with E-state index in [1.165, 1.54) is 19.2 Å². The Balaban J connectivity index is 2.43. The highest BCUT2D eigenvalue weighted by molar-refractivity contribution is 4.99. The third-order valence-electron chi connectivity index (χ3n) is 1.36. The van der Waals surface area contributed by atoms with Crippen molar-refractivity contribution in [3.63, 3.8) is 0 Å². The van der Waals surface area contributed by atoms with Crippen LogP contribution >= 0.6 is 0 Å². The molecule has 0 unspecified atom stereocenters. The normalized spacial score (nSPS) is 9.70. The van der Waals surface area contributed by atoms with Crippen molar-refractivity contribution in [2.75, 3.05) is 0 Å². The molecule has 0 saturated heterocycles. The maximum absolute atomic E-state index is 3.90. The van der Waals surface area contributed by atoms with Gasteiger partial charge in [-0.15, -0.1) is 0 Å². The molecule has 0 saturated carbocycles. The fourth-order valence-electron chi connectivity index (χ4n) is 0.785. The van der Waals surface area contributed by atoms with Crippen LogP contribution in [0.3, 0.4) is 0 Å². The Labute approximate surface area is 61.3 Å². The van der Waals surface area contributed by atoms with Gasteiger partial charge in [0.25, 0.3) is 0 Å². The van der Waals surface area contributed by atoms with Gasteiger partial charge in [-0.1, -0.05) is 13.3 Å².